The number of fused-ring (bicyclic) bond motifs is 1. The van der Waals surface area contributed by atoms with Crippen LogP contribution in [0.2, 0.25) is 0 Å². The van der Waals surface area contributed by atoms with E-state index < -0.39 is 0 Å². The summed E-state index contributed by atoms with van der Waals surface area (Å²) in [6.45, 7) is 9.98. The second kappa shape index (κ2) is 7.23. The number of nitrogen functional groups attached to an aromatic ring is 1. The van der Waals surface area contributed by atoms with Gasteiger partial charge in [0.1, 0.15) is 4.83 Å². The Labute approximate surface area is 96.1 Å². The molecule has 0 amide bonds. The normalized spacial score (nSPS) is 8.60. The van der Waals surface area contributed by atoms with Gasteiger partial charge in [0.15, 0.2) is 0 Å². The number of aromatic nitrogens is 1. The quantitative estimate of drug-likeness (QED) is 0.727. The summed E-state index contributed by atoms with van der Waals surface area (Å²) in [6, 6.07) is 3.99. The number of anilines is 1. The van der Waals surface area contributed by atoms with Gasteiger partial charge >= 0.3 is 0 Å². The minimum Gasteiger partial charge on any atom is -0.398 e. The van der Waals surface area contributed by atoms with Crippen molar-refractivity contribution in [3.8, 4) is 0 Å². The highest BCUT2D eigenvalue weighted by Gasteiger charge is 2.00. The number of thiophene rings is 1. The standard InChI is InChI=1S/C8H8N2S.2C2H6/c1-5-2-3-6-7(9)4-11-8(6)10-5;2*1-2/h2-4H,9H2,1H3;2*1-2H3. The first-order chi connectivity index (χ1) is 7.27. The zero-order valence-corrected chi connectivity index (χ0v) is 11.0. The summed E-state index contributed by atoms with van der Waals surface area (Å²) in [5.41, 5.74) is 7.57. The third-order valence-corrected chi connectivity index (χ3v) is 2.51. The Morgan fingerprint density at radius 2 is 1.73 bits per heavy atom. The van der Waals surface area contributed by atoms with Crippen molar-refractivity contribution in [2.75, 3.05) is 5.73 Å². The molecule has 0 aromatic carbocycles. The Morgan fingerprint density at radius 1 is 1.13 bits per heavy atom. The predicted molar refractivity (Wildman–Crippen MR) is 71.5 cm³/mol. The van der Waals surface area contributed by atoms with Gasteiger partial charge in [-0.15, -0.1) is 11.3 Å². The van der Waals surface area contributed by atoms with Crippen molar-refractivity contribution in [2.24, 2.45) is 0 Å². The zero-order chi connectivity index (χ0) is 11.8. The molecule has 0 aliphatic rings. The topological polar surface area (TPSA) is 38.9 Å². The monoisotopic (exact) mass is 224 g/mol. The van der Waals surface area contributed by atoms with E-state index in [0.29, 0.717) is 0 Å². The van der Waals surface area contributed by atoms with Crippen LogP contribution in [-0.4, -0.2) is 4.98 Å². The molecule has 0 bridgehead atoms. The summed E-state index contributed by atoms with van der Waals surface area (Å²) < 4.78 is 0. The Balaban J connectivity index is 0.000000442. The van der Waals surface area contributed by atoms with E-state index in [9.17, 15) is 0 Å². The number of pyridine rings is 1. The molecule has 84 valence electrons. The number of hydrogen-bond donors (Lipinski definition) is 1. The molecule has 0 aliphatic heterocycles. The molecule has 0 spiro atoms. The fourth-order valence-corrected chi connectivity index (χ4v) is 1.90. The summed E-state index contributed by atoms with van der Waals surface area (Å²) >= 11 is 1.59. The van der Waals surface area contributed by atoms with Crippen molar-refractivity contribution >= 4 is 27.2 Å². The maximum absolute atomic E-state index is 5.70. The highest BCUT2D eigenvalue weighted by Crippen LogP contribution is 2.25. The lowest BCUT2D eigenvalue weighted by molar-refractivity contribution is 1.27. The summed E-state index contributed by atoms with van der Waals surface area (Å²) in [5, 5.41) is 3.00. The molecular weight excluding hydrogens is 204 g/mol. The Morgan fingerprint density at radius 3 is 2.33 bits per heavy atom. The Bertz CT molecular complexity index is 393. The van der Waals surface area contributed by atoms with E-state index in [1.807, 2.05) is 52.1 Å². The molecule has 0 radical (unpaired) electrons. The lowest BCUT2D eigenvalue weighted by atomic mass is 10.3. The van der Waals surface area contributed by atoms with Gasteiger partial charge in [-0.25, -0.2) is 4.98 Å². The summed E-state index contributed by atoms with van der Waals surface area (Å²) in [6.07, 6.45) is 0. The van der Waals surface area contributed by atoms with Crippen LogP contribution in [0, 0.1) is 6.92 Å². The molecule has 2 aromatic rings. The molecule has 0 unspecified atom stereocenters. The van der Waals surface area contributed by atoms with Gasteiger partial charge in [-0.05, 0) is 19.1 Å². The van der Waals surface area contributed by atoms with E-state index in [-0.39, 0.29) is 0 Å². The fraction of sp³-hybridized carbons (Fsp3) is 0.417. The number of rotatable bonds is 0. The average molecular weight is 224 g/mol. The molecule has 0 saturated carbocycles. The summed E-state index contributed by atoms with van der Waals surface area (Å²) in [7, 11) is 0. The van der Waals surface area contributed by atoms with Crippen molar-refractivity contribution in [1.82, 2.24) is 4.98 Å². The summed E-state index contributed by atoms with van der Waals surface area (Å²) in [4.78, 5) is 5.37. The molecule has 3 heteroatoms. The van der Waals surface area contributed by atoms with Crippen molar-refractivity contribution in [3.63, 3.8) is 0 Å². The minimum absolute atomic E-state index is 0.831. The molecule has 2 heterocycles. The lowest BCUT2D eigenvalue weighted by Gasteiger charge is -1.91. The molecular formula is C12H20N2S. The number of nitrogens with zero attached hydrogens (tertiary/aromatic N) is 1. The first kappa shape index (κ1) is 13.9. The van der Waals surface area contributed by atoms with E-state index in [1.54, 1.807) is 11.3 Å². The van der Waals surface area contributed by atoms with Crippen LogP contribution >= 0.6 is 11.3 Å². The van der Waals surface area contributed by atoms with Crippen LogP contribution in [-0.2, 0) is 0 Å². The summed E-state index contributed by atoms with van der Waals surface area (Å²) in [5.74, 6) is 0. The van der Waals surface area contributed by atoms with Crippen molar-refractivity contribution in [1.29, 1.82) is 0 Å². The maximum atomic E-state index is 5.70. The molecule has 2 nitrogen and oxygen atoms in total. The Kier molecular flexibility index (Phi) is 6.71. The molecule has 0 atom stereocenters. The van der Waals surface area contributed by atoms with Crippen LogP contribution in [0.5, 0.6) is 0 Å². The molecule has 0 aliphatic carbocycles. The second-order valence-electron chi connectivity index (χ2n) is 2.50. The highest BCUT2D eigenvalue weighted by molar-refractivity contribution is 7.17. The molecule has 0 fully saturated rings. The first-order valence-corrected chi connectivity index (χ1v) is 6.25. The van der Waals surface area contributed by atoms with Gasteiger partial charge in [-0.1, -0.05) is 27.7 Å². The van der Waals surface area contributed by atoms with Gasteiger partial charge in [-0.3, -0.25) is 0 Å². The van der Waals surface area contributed by atoms with Gasteiger partial charge in [0.05, 0.1) is 5.69 Å². The fourth-order valence-electron chi connectivity index (χ4n) is 1.03. The van der Waals surface area contributed by atoms with Gasteiger partial charge in [0, 0.05) is 16.5 Å². The van der Waals surface area contributed by atoms with Crippen LogP contribution in [0.3, 0.4) is 0 Å². The van der Waals surface area contributed by atoms with Gasteiger partial charge in [0.2, 0.25) is 0 Å². The van der Waals surface area contributed by atoms with Crippen molar-refractivity contribution < 1.29 is 0 Å². The number of aryl methyl sites for hydroxylation is 1. The van der Waals surface area contributed by atoms with E-state index in [2.05, 4.69) is 4.98 Å². The van der Waals surface area contributed by atoms with E-state index in [1.165, 1.54) is 0 Å². The maximum Gasteiger partial charge on any atom is 0.125 e. The van der Waals surface area contributed by atoms with Crippen LogP contribution in [0.1, 0.15) is 33.4 Å². The zero-order valence-electron chi connectivity index (χ0n) is 10.2. The molecule has 2 rings (SSSR count). The number of nitrogens with two attached hydrogens (primary N) is 1. The third kappa shape index (κ3) is 3.51. The van der Waals surface area contributed by atoms with Crippen molar-refractivity contribution in [3.05, 3.63) is 23.2 Å². The van der Waals surface area contributed by atoms with E-state index in [4.69, 9.17) is 5.73 Å². The minimum atomic E-state index is 0.831. The smallest absolute Gasteiger partial charge is 0.125 e. The molecule has 2 N–H and O–H groups in total. The third-order valence-electron chi connectivity index (χ3n) is 1.61. The molecule has 2 aromatic heterocycles. The second-order valence-corrected chi connectivity index (χ2v) is 3.35. The largest absolute Gasteiger partial charge is 0.398 e. The van der Waals surface area contributed by atoms with Crippen LogP contribution < -0.4 is 5.73 Å². The average Bonchev–Trinajstić information content (AvgIpc) is 2.65. The lowest BCUT2D eigenvalue weighted by Crippen LogP contribution is -1.82. The van der Waals surface area contributed by atoms with Gasteiger partial charge in [0.25, 0.3) is 0 Å². The SMILES string of the molecule is CC.CC.Cc1ccc2c(N)csc2n1. The first-order valence-electron chi connectivity index (χ1n) is 5.38. The predicted octanol–water partition coefficient (Wildman–Crippen LogP) is 4.24. The van der Waals surface area contributed by atoms with Gasteiger partial charge in [-0.2, -0.15) is 0 Å². The highest BCUT2D eigenvalue weighted by atomic mass is 32.1. The van der Waals surface area contributed by atoms with Crippen LogP contribution in [0.4, 0.5) is 5.69 Å². The van der Waals surface area contributed by atoms with E-state index in [0.717, 1.165) is 21.6 Å². The number of hydrogen-bond acceptors (Lipinski definition) is 3. The van der Waals surface area contributed by atoms with Crippen LogP contribution in [0.15, 0.2) is 17.5 Å². The van der Waals surface area contributed by atoms with Crippen molar-refractivity contribution in [2.45, 2.75) is 34.6 Å². The van der Waals surface area contributed by atoms with E-state index >= 15 is 0 Å². The van der Waals surface area contributed by atoms with Gasteiger partial charge < -0.3 is 5.73 Å². The Hall–Kier alpha value is -1.09. The van der Waals surface area contributed by atoms with Crippen LogP contribution in [0.25, 0.3) is 10.2 Å². The molecule has 15 heavy (non-hydrogen) atoms. The molecule has 0 saturated heterocycles.